The van der Waals surface area contributed by atoms with Crippen LogP contribution in [0.25, 0.3) is 6.08 Å². The van der Waals surface area contributed by atoms with Gasteiger partial charge >= 0.3 is 5.97 Å². The third kappa shape index (κ3) is 5.64. The summed E-state index contributed by atoms with van der Waals surface area (Å²) in [5.41, 5.74) is 0.662. The highest BCUT2D eigenvalue weighted by Crippen LogP contribution is 2.11. The number of hydrogen-bond donors (Lipinski definition) is 1. The number of hydrogen-bond acceptors (Lipinski definition) is 5. The van der Waals surface area contributed by atoms with Gasteiger partial charge in [0, 0.05) is 26.9 Å². The zero-order valence-electron chi connectivity index (χ0n) is 10.8. The highest BCUT2D eigenvalue weighted by atomic mass is 127. The van der Waals surface area contributed by atoms with Crippen LogP contribution in [0.1, 0.15) is 5.01 Å². The number of nitrogens with one attached hydrogen (secondary N) is 1. The first kappa shape index (κ1) is 15.6. The highest BCUT2D eigenvalue weighted by molar-refractivity contribution is 14.1. The fourth-order valence-corrected chi connectivity index (χ4v) is 2.26. The summed E-state index contributed by atoms with van der Waals surface area (Å²) in [5, 5.41) is 5.15. The molecular formula is C14H11IN2O3S. The lowest BCUT2D eigenvalue weighted by Crippen LogP contribution is -2.20. The number of nitrogens with zero attached hydrogens (tertiary/aromatic N) is 1. The van der Waals surface area contributed by atoms with Crippen molar-refractivity contribution in [3.63, 3.8) is 0 Å². The summed E-state index contributed by atoms with van der Waals surface area (Å²) in [6, 6.07) is 7.31. The van der Waals surface area contributed by atoms with Gasteiger partial charge in [0.2, 0.25) is 0 Å². The average Bonchev–Trinajstić information content (AvgIpc) is 2.99. The van der Waals surface area contributed by atoms with Crippen molar-refractivity contribution < 1.29 is 14.3 Å². The van der Waals surface area contributed by atoms with Gasteiger partial charge < -0.3 is 10.1 Å². The molecule has 0 spiro atoms. The number of esters is 1. The molecule has 0 aliphatic heterocycles. The zero-order valence-corrected chi connectivity index (χ0v) is 13.8. The maximum Gasteiger partial charge on any atom is 0.331 e. The molecule has 0 unspecified atom stereocenters. The van der Waals surface area contributed by atoms with E-state index in [0.717, 1.165) is 3.57 Å². The predicted octanol–water partition coefficient (Wildman–Crippen LogP) is 2.94. The summed E-state index contributed by atoms with van der Waals surface area (Å²) < 4.78 is 5.91. The van der Waals surface area contributed by atoms with E-state index in [-0.39, 0.29) is 12.5 Å². The Morgan fingerprint density at radius 2 is 2.10 bits per heavy atom. The molecule has 0 saturated heterocycles. The van der Waals surface area contributed by atoms with Crippen molar-refractivity contribution in [3.05, 3.63) is 50.5 Å². The van der Waals surface area contributed by atoms with Crippen LogP contribution in [-0.2, 0) is 14.3 Å². The Balaban J connectivity index is 1.75. The lowest BCUT2D eigenvalue weighted by molar-refractivity contribution is -0.142. The van der Waals surface area contributed by atoms with Gasteiger partial charge in [0.1, 0.15) is 5.01 Å². The number of amides is 1. The van der Waals surface area contributed by atoms with Crippen molar-refractivity contribution in [2.75, 3.05) is 11.9 Å². The van der Waals surface area contributed by atoms with Crippen LogP contribution in [0.5, 0.6) is 0 Å². The Morgan fingerprint density at radius 3 is 2.76 bits per heavy atom. The average molecular weight is 414 g/mol. The summed E-state index contributed by atoms with van der Waals surface area (Å²) >= 11 is 3.58. The molecule has 1 amide bonds. The molecule has 7 heteroatoms. The number of anilines is 1. The highest BCUT2D eigenvalue weighted by Gasteiger charge is 2.05. The van der Waals surface area contributed by atoms with Gasteiger partial charge in [-0.15, -0.1) is 11.3 Å². The smallest absolute Gasteiger partial charge is 0.331 e. The van der Waals surface area contributed by atoms with Crippen LogP contribution in [0, 0.1) is 3.57 Å². The van der Waals surface area contributed by atoms with E-state index in [1.54, 1.807) is 29.8 Å². The molecule has 0 radical (unpaired) electrons. The first-order valence-electron chi connectivity index (χ1n) is 5.93. The van der Waals surface area contributed by atoms with Gasteiger partial charge in [-0.25, -0.2) is 9.78 Å². The SMILES string of the molecule is O=C(COC(=O)/C=C/c1nccs1)Nc1ccc(I)cc1. The quantitative estimate of drug-likeness (QED) is 0.464. The van der Waals surface area contributed by atoms with Crippen molar-refractivity contribution in [1.29, 1.82) is 0 Å². The van der Waals surface area contributed by atoms with Crippen LogP contribution in [0.15, 0.2) is 41.9 Å². The number of ether oxygens (including phenoxy) is 1. The van der Waals surface area contributed by atoms with Gasteiger partial charge in [-0.05, 0) is 52.9 Å². The van der Waals surface area contributed by atoms with Crippen LogP contribution in [0.3, 0.4) is 0 Å². The maximum absolute atomic E-state index is 11.6. The van der Waals surface area contributed by atoms with Crippen LogP contribution in [0.4, 0.5) is 5.69 Å². The zero-order chi connectivity index (χ0) is 15.1. The first-order valence-corrected chi connectivity index (χ1v) is 7.89. The van der Waals surface area contributed by atoms with Gasteiger partial charge in [0.05, 0.1) is 0 Å². The van der Waals surface area contributed by atoms with E-state index in [1.807, 2.05) is 12.1 Å². The van der Waals surface area contributed by atoms with Crippen molar-refractivity contribution in [2.24, 2.45) is 0 Å². The molecule has 0 aliphatic carbocycles. The molecule has 0 saturated carbocycles. The molecule has 0 aliphatic rings. The Hall–Kier alpha value is -1.74. The van der Waals surface area contributed by atoms with E-state index in [4.69, 9.17) is 4.74 Å². The second kappa shape index (κ2) is 7.89. The number of thiazole rings is 1. The van der Waals surface area contributed by atoms with Gasteiger partial charge in [-0.2, -0.15) is 0 Å². The molecule has 1 N–H and O–H groups in total. The molecule has 1 heterocycles. The number of rotatable bonds is 5. The molecule has 0 fully saturated rings. The molecular weight excluding hydrogens is 403 g/mol. The summed E-state index contributed by atoms with van der Waals surface area (Å²) in [5.74, 6) is -0.963. The van der Waals surface area contributed by atoms with Crippen LogP contribution in [0.2, 0.25) is 0 Å². The number of aromatic nitrogens is 1. The monoisotopic (exact) mass is 414 g/mol. The lowest BCUT2D eigenvalue weighted by Gasteiger charge is -2.05. The van der Waals surface area contributed by atoms with Crippen molar-refractivity contribution in [1.82, 2.24) is 4.98 Å². The van der Waals surface area contributed by atoms with Crippen LogP contribution < -0.4 is 5.32 Å². The van der Waals surface area contributed by atoms with E-state index in [1.165, 1.54) is 17.4 Å². The van der Waals surface area contributed by atoms with Gasteiger partial charge in [-0.1, -0.05) is 0 Å². The molecule has 1 aromatic carbocycles. The molecule has 108 valence electrons. The first-order chi connectivity index (χ1) is 10.1. The van der Waals surface area contributed by atoms with Crippen molar-refractivity contribution in [3.8, 4) is 0 Å². The minimum atomic E-state index is -0.581. The second-order valence-electron chi connectivity index (χ2n) is 3.87. The van der Waals surface area contributed by atoms with E-state index < -0.39 is 5.97 Å². The minimum Gasteiger partial charge on any atom is -0.452 e. The van der Waals surface area contributed by atoms with Crippen LogP contribution in [-0.4, -0.2) is 23.5 Å². The second-order valence-corrected chi connectivity index (χ2v) is 6.04. The van der Waals surface area contributed by atoms with Gasteiger partial charge in [-0.3, -0.25) is 4.79 Å². The van der Waals surface area contributed by atoms with E-state index in [9.17, 15) is 9.59 Å². The summed E-state index contributed by atoms with van der Waals surface area (Å²) in [6.45, 7) is -0.326. The van der Waals surface area contributed by atoms with Crippen molar-refractivity contribution >= 4 is 57.6 Å². The van der Waals surface area contributed by atoms with Gasteiger partial charge in [0.15, 0.2) is 6.61 Å². The number of carbonyl (C=O) groups is 2. The van der Waals surface area contributed by atoms with Crippen LogP contribution >= 0.6 is 33.9 Å². The normalized spacial score (nSPS) is 10.5. The third-order valence-corrected chi connectivity index (χ3v) is 3.75. The number of halogens is 1. The summed E-state index contributed by atoms with van der Waals surface area (Å²) in [7, 11) is 0. The Bertz CT molecular complexity index is 639. The molecule has 0 bridgehead atoms. The minimum absolute atomic E-state index is 0.326. The maximum atomic E-state index is 11.6. The van der Waals surface area contributed by atoms with E-state index >= 15 is 0 Å². The standard InChI is InChI=1S/C14H11IN2O3S/c15-10-1-3-11(4-2-10)17-12(18)9-20-14(19)6-5-13-16-7-8-21-13/h1-8H,9H2,(H,17,18)/b6-5+. The van der Waals surface area contributed by atoms with E-state index in [2.05, 4.69) is 32.9 Å². The molecule has 1 aromatic heterocycles. The topological polar surface area (TPSA) is 68.3 Å². The third-order valence-electron chi connectivity index (χ3n) is 2.29. The Kier molecular flexibility index (Phi) is 5.88. The molecule has 2 aromatic rings. The molecule has 0 atom stereocenters. The molecule has 21 heavy (non-hydrogen) atoms. The van der Waals surface area contributed by atoms with Crippen molar-refractivity contribution in [2.45, 2.75) is 0 Å². The molecule has 5 nitrogen and oxygen atoms in total. The summed E-state index contributed by atoms with van der Waals surface area (Å²) in [4.78, 5) is 27.0. The van der Waals surface area contributed by atoms with Gasteiger partial charge in [0.25, 0.3) is 5.91 Å². The lowest BCUT2D eigenvalue weighted by atomic mass is 10.3. The number of benzene rings is 1. The Morgan fingerprint density at radius 1 is 1.33 bits per heavy atom. The Labute approximate surface area is 139 Å². The number of carbonyl (C=O) groups excluding carboxylic acids is 2. The molecule has 2 rings (SSSR count). The fraction of sp³-hybridized carbons (Fsp3) is 0.0714. The summed E-state index contributed by atoms with van der Waals surface area (Å²) in [6.07, 6.45) is 4.44. The predicted molar refractivity (Wildman–Crippen MR) is 89.9 cm³/mol. The fourth-order valence-electron chi connectivity index (χ4n) is 1.37. The largest absolute Gasteiger partial charge is 0.452 e. The van der Waals surface area contributed by atoms with E-state index in [0.29, 0.717) is 10.7 Å².